The summed E-state index contributed by atoms with van der Waals surface area (Å²) < 4.78 is 15.6. The predicted molar refractivity (Wildman–Crippen MR) is 160 cm³/mol. The highest BCUT2D eigenvalue weighted by Gasteiger charge is 2.31. The van der Waals surface area contributed by atoms with Gasteiger partial charge in [0.1, 0.15) is 24.7 Å². The highest BCUT2D eigenvalue weighted by atomic mass is 16.5. The molecule has 0 aromatic heterocycles. The fourth-order valence-electron chi connectivity index (χ4n) is 3.74. The van der Waals surface area contributed by atoms with Crippen molar-refractivity contribution in [1.29, 1.82) is 0 Å². The van der Waals surface area contributed by atoms with Crippen LogP contribution in [0.5, 0.6) is 0 Å². The molecule has 0 saturated heterocycles. The molecule has 0 bridgehead atoms. The van der Waals surface area contributed by atoms with Gasteiger partial charge in [-0.15, -0.1) is 0 Å². The molecule has 0 aliphatic carbocycles. The predicted octanol–water partition coefficient (Wildman–Crippen LogP) is -0.607. The van der Waals surface area contributed by atoms with Crippen molar-refractivity contribution in [2.24, 2.45) is 5.11 Å². The Morgan fingerprint density at radius 1 is 0.809 bits per heavy atom. The number of nitrogens with one attached hydrogen (secondary N) is 4. The Morgan fingerprint density at radius 2 is 1.38 bits per heavy atom. The van der Waals surface area contributed by atoms with Crippen LogP contribution < -0.4 is 21.3 Å². The molecule has 0 radical (unpaired) electrons. The molecule has 1 aromatic rings. The summed E-state index contributed by atoms with van der Waals surface area (Å²) in [4.78, 5) is 88.2. The van der Waals surface area contributed by atoms with Gasteiger partial charge in [0, 0.05) is 31.3 Å². The number of carbonyl (C=O) groups is 7. The second-order valence-electron chi connectivity index (χ2n) is 9.73. The van der Waals surface area contributed by atoms with E-state index in [0.717, 1.165) is 6.92 Å². The van der Waals surface area contributed by atoms with Crippen molar-refractivity contribution in [2.45, 2.75) is 57.3 Å². The Morgan fingerprint density at radius 3 is 1.98 bits per heavy atom. The van der Waals surface area contributed by atoms with E-state index in [1.165, 1.54) is 0 Å². The van der Waals surface area contributed by atoms with E-state index < -0.39 is 78.9 Å². The second kappa shape index (κ2) is 23.1. The Bertz CT molecular complexity index is 1240. The van der Waals surface area contributed by atoms with Gasteiger partial charge in [0.05, 0.1) is 39.3 Å². The first-order valence-corrected chi connectivity index (χ1v) is 14.4. The van der Waals surface area contributed by atoms with Gasteiger partial charge < -0.3 is 45.7 Å². The number of nitrogens with zero attached hydrogens (tertiary/aromatic N) is 3. The van der Waals surface area contributed by atoms with Crippen LogP contribution in [0.25, 0.3) is 10.4 Å². The van der Waals surface area contributed by atoms with Crippen molar-refractivity contribution in [1.82, 2.24) is 21.3 Å². The lowest BCUT2D eigenvalue weighted by Crippen LogP contribution is -2.57. The summed E-state index contributed by atoms with van der Waals surface area (Å²) in [5.74, 6) is -7.34. The maximum Gasteiger partial charge on any atom is 0.306 e. The zero-order chi connectivity index (χ0) is 35.0. The minimum absolute atomic E-state index is 0.0110. The Labute approximate surface area is 269 Å². The number of carboxylic acids is 2. The average Bonchev–Trinajstić information content (AvgIpc) is 3.01. The lowest BCUT2D eigenvalue weighted by atomic mass is 10.1. The number of esters is 1. The molecule has 0 aliphatic heterocycles. The number of benzene rings is 1. The molecule has 0 aliphatic rings. The number of hydrogen-bond donors (Lipinski definition) is 6. The normalized spacial score (nSPS) is 12.3. The molecule has 4 amide bonds. The standard InChI is InChI=1S/C28H39N7O12/c1-18(36)32-22(16-24(39)40)28(44)33-20(7-8-25(41)47-17-19-5-3-2-4-6-19)27(43)34-21(15-23(37)38)26(42)30-9-11-45-13-14-46-12-10-31-35-29/h2-6,20-22H,7-17H2,1H3,(H,30,42)(H,32,36)(H,33,44)(H,34,43)(H,37,38)(H,39,40)/t20-,21-,22-/m0/s1. The van der Waals surface area contributed by atoms with E-state index in [1.54, 1.807) is 30.3 Å². The van der Waals surface area contributed by atoms with E-state index in [-0.39, 0.29) is 52.5 Å². The van der Waals surface area contributed by atoms with Crippen molar-refractivity contribution in [3.8, 4) is 0 Å². The number of aliphatic carboxylic acids is 2. The first kappa shape index (κ1) is 39.8. The summed E-state index contributed by atoms with van der Waals surface area (Å²) in [6.45, 7) is 1.63. The van der Waals surface area contributed by atoms with Crippen LogP contribution in [0.2, 0.25) is 0 Å². The largest absolute Gasteiger partial charge is 0.481 e. The zero-order valence-corrected chi connectivity index (χ0v) is 25.7. The molecule has 6 N–H and O–H groups in total. The van der Waals surface area contributed by atoms with E-state index in [9.17, 15) is 38.7 Å². The number of ether oxygens (including phenoxy) is 3. The van der Waals surface area contributed by atoms with E-state index >= 15 is 0 Å². The lowest BCUT2D eigenvalue weighted by molar-refractivity contribution is -0.145. The maximum atomic E-state index is 13.3. The third-order valence-corrected chi connectivity index (χ3v) is 5.91. The van der Waals surface area contributed by atoms with Crippen molar-refractivity contribution in [3.63, 3.8) is 0 Å². The van der Waals surface area contributed by atoms with Crippen molar-refractivity contribution in [3.05, 3.63) is 46.3 Å². The molecular weight excluding hydrogens is 626 g/mol. The molecule has 0 heterocycles. The van der Waals surface area contributed by atoms with Gasteiger partial charge in [-0.3, -0.25) is 33.6 Å². The number of rotatable bonds is 24. The number of hydrogen-bond acceptors (Lipinski definition) is 11. The summed E-state index contributed by atoms with van der Waals surface area (Å²) >= 11 is 0. The van der Waals surface area contributed by atoms with Crippen molar-refractivity contribution < 1.29 is 58.0 Å². The lowest BCUT2D eigenvalue weighted by Gasteiger charge is -2.24. The molecule has 0 fully saturated rings. The fourth-order valence-corrected chi connectivity index (χ4v) is 3.74. The molecule has 0 unspecified atom stereocenters. The molecular formula is C28H39N7O12. The Hall–Kier alpha value is -5.26. The van der Waals surface area contributed by atoms with Crippen molar-refractivity contribution >= 4 is 41.5 Å². The van der Waals surface area contributed by atoms with Gasteiger partial charge in [-0.1, -0.05) is 35.4 Å². The molecule has 0 saturated carbocycles. The summed E-state index contributed by atoms with van der Waals surface area (Å²) in [7, 11) is 0. The van der Waals surface area contributed by atoms with Gasteiger partial charge in [0.15, 0.2) is 0 Å². The minimum Gasteiger partial charge on any atom is -0.481 e. The minimum atomic E-state index is -1.61. The molecule has 1 aromatic carbocycles. The van der Waals surface area contributed by atoms with Gasteiger partial charge in [-0.25, -0.2) is 0 Å². The maximum absolute atomic E-state index is 13.3. The highest BCUT2D eigenvalue weighted by molar-refractivity contribution is 5.96. The second-order valence-corrected chi connectivity index (χ2v) is 9.73. The monoisotopic (exact) mass is 665 g/mol. The SMILES string of the molecule is CC(=O)N[C@@H](CC(=O)O)C(=O)N[C@@H](CCC(=O)OCc1ccccc1)C(=O)N[C@@H](CC(=O)O)C(=O)NCCOCCOCCN=[N+]=[N-]. The number of carboxylic acid groups (broad SMARTS) is 2. The van der Waals surface area contributed by atoms with Crippen LogP contribution in [0.1, 0.15) is 38.2 Å². The molecule has 3 atom stereocenters. The summed E-state index contributed by atoms with van der Waals surface area (Å²) in [5.41, 5.74) is 8.89. The molecule has 1 rings (SSSR count). The summed E-state index contributed by atoms with van der Waals surface area (Å²) in [6, 6.07) is 3.94. The Balaban J connectivity index is 2.89. The molecule has 0 spiro atoms. The van der Waals surface area contributed by atoms with Crippen LogP contribution in [0, 0.1) is 0 Å². The van der Waals surface area contributed by atoms with E-state index in [4.69, 9.17) is 24.8 Å². The number of azide groups is 1. The first-order chi connectivity index (χ1) is 22.4. The quantitative estimate of drug-likeness (QED) is 0.0265. The molecule has 47 heavy (non-hydrogen) atoms. The Kier molecular flexibility index (Phi) is 19.6. The summed E-state index contributed by atoms with van der Waals surface area (Å²) in [6.07, 6.45) is -2.46. The van der Waals surface area contributed by atoms with Crippen LogP contribution in [-0.2, 0) is 54.4 Å². The fraction of sp³-hybridized carbons (Fsp3) is 0.536. The van der Waals surface area contributed by atoms with Crippen LogP contribution in [-0.4, -0.2) is 109 Å². The van der Waals surface area contributed by atoms with Crippen LogP contribution >= 0.6 is 0 Å². The van der Waals surface area contributed by atoms with Gasteiger partial charge >= 0.3 is 17.9 Å². The molecule has 19 heteroatoms. The first-order valence-electron chi connectivity index (χ1n) is 14.4. The zero-order valence-electron chi connectivity index (χ0n) is 25.7. The molecule has 258 valence electrons. The number of amides is 4. The van der Waals surface area contributed by atoms with Gasteiger partial charge in [-0.05, 0) is 17.5 Å². The summed E-state index contributed by atoms with van der Waals surface area (Å²) in [5, 5.41) is 30.9. The third kappa shape index (κ3) is 19.0. The third-order valence-electron chi connectivity index (χ3n) is 5.91. The molecule has 19 nitrogen and oxygen atoms in total. The van der Waals surface area contributed by atoms with E-state index in [1.807, 2.05) is 0 Å². The van der Waals surface area contributed by atoms with Gasteiger partial charge in [0.2, 0.25) is 23.6 Å². The topological polar surface area (TPSA) is 285 Å². The van der Waals surface area contributed by atoms with Crippen LogP contribution in [0.15, 0.2) is 35.4 Å². The van der Waals surface area contributed by atoms with Crippen molar-refractivity contribution in [2.75, 3.05) is 39.5 Å². The van der Waals surface area contributed by atoms with Gasteiger partial charge in [0.25, 0.3) is 0 Å². The van der Waals surface area contributed by atoms with E-state index in [0.29, 0.717) is 5.56 Å². The average molecular weight is 666 g/mol. The highest BCUT2D eigenvalue weighted by Crippen LogP contribution is 2.07. The van der Waals surface area contributed by atoms with Crippen LogP contribution in [0.4, 0.5) is 0 Å². The smallest absolute Gasteiger partial charge is 0.306 e. The van der Waals surface area contributed by atoms with Crippen LogP contribution in [0.3, 0.4) is 0 Å². The van der Waals surface area contributed by atoms with Gasteiger partial charge in [-0.2, -0.15) is 0 Å². The van der Waals surface area contributed by atoms with E-state index in [2.05, 4.69) is 31.3 Å². The number of carbonyl (C=O) groups excluding carboxylic acids is 5.